The third-order valence-electron chi connectivity index (χ3n) is 2.75. The zero-order valence-electron chi connectivity index (χ0n) is 10.5. The molecule has 90 valence electrons. The molecule has 1 aromatic carbocycles. The molecule has 1 aromatic rings. The maximum atomic E-state index is 11.5. The number of hydrogen-bond donors (Lipinski definition) is 0. The van der Waals surface area contributed by atoms with Gasteiger partial charge in [0.1, 0.15) is 17.1 Å². The van der Waals surface area contributed by atoms with E-state index in [1.807, 2.05) is 32.1 Å². The Morgan fingerprint density at radius 3 is 2.65 bits per heavy atom. The average Bonchev–Trinajstić information content (AvgIpc) is 2.26. The van der Waals surface area contributed by atoms with Gasteiger partial charge in [-0.3, -0.25) is 4.79 Å². The highest BCUT2D eigenvalue weighted by molar-refractivity contribution is 5.98. The van der Waals surface area contributed by atoms with Crippen molar-refractivity contribution in [2.75, 3.05) is 7.11 Å². The minimum atomic E-state index is -0.338. The molecule has 0 bridgehead atoms. The van der Waals surface area contributed by atoms with Gasteiger partial charge in [0.2, 0.25) is 0 Å². The first-order chi connectivity index (χ1) is 7.93. The van der Waals surface area contributed by atoms with E-state index >= 15 is 0 Å². The third-order valence-corrected chi connectivity index (χ3v) is 2.75. The molecule has 1 aliphatic heterocycles. The second kappa shape index (κ2) is 3.91. The average molecular weight is 232 g/mol. The van der Waals surface area contributed by atoms with E-state index in [2.05, 4.69) is 0 Å². The van der Waals surface area contributed by atoms with Gasteiger partial charge in [-0.15, -0.1) is 0 Å². The standard InChI is InChI=1S/C14H16O3/c1-9(15)11-8-12-10(7-13(11)16-4)5-6-14(2,3)17-12/h5-8H,1-4H3. The molecule has 0 unspecified atom stereocenters. The van der Waals surface area contributed by atoms with Crippen LogP contribution in [0, 0.1) is 0 Å². The van der Waals surface area contributed by atoms with Gasteiger partial charge in [0.05, 0.1) is 12.7 Å². The first-order valence-electron chi connectivity index (χ1n) is 5.54. The maximum Gasteiger partial charge on any atom is 0.163 e. The molecule has 0 N–H and O–H groups in total. The van der Waals surface area contributed by atoms with Crippen LogP contribution in [0.3, 0.4) is 0 Å². The van der Waals surface area contributed by atoms with E-state index in [1.165, 1.54) is 6.92 Å². The lowest BCUT2D eigenvalue weighted by atomic mass is 9.99. The van der Waals surface area contributed by atoms with Crippen LogP contribution < -0.4 is 9.47 Å². The Balaban J connectivity index is 2.55. The van der Waals surface area contributed by atoms with Crippen LogP contribution in [0.2, 0.25) is 0 Å². The summed E-state index contributed by atoms with van der Waals surface area (Å²) in [6, 6.07) is 3.58. The molecule has 1 aliphatic rings. The minimum absolute atomic E-state index is 0.0272. The topological polar surface area (TPSA) is 35.5 Å². The first-order valence-corrected chi connectivity index (χ1v) is 5.54. The van der Waals surface area contributed by atoms with Gasteiger partial charge in [-0.05, 0) is 39.0 Å². The van der Waals surface area contributed by atoms with Crippen LogP contribution in [0.25, 0.3) is 6.08 Å². The number of carbonyl (C=O) groups is 1. The molecule has 17 heavy (non-hydrogen) atoms. The van der Waals surface area contributed by atoms with Gasteiger partial charge >= 0.3 is 0 Å². The number of hydrogen-bond acceptors (Lipinski definition) is 3. The van der Waals surface area contributed by atoms with Gasteiger partial charge in [-0.2, -0.15) is 0 Å². The summed E-state index contributed by atoms with van der Waals surface area (Å²) in [4.78, 5) is 11.5. The number of ketones is 1. The molecule has 0 radical (unpaired) electrons. The van der Waals surface area contributed by atoms with E-state index in [4.69, 9.17) is 9.47 Å². The largest absolute Gasteiger partial charge is 0.496 e. The zero-order valence-corrected chi connectivity index (χ0v) is 10.5. The lowest BCUT2D eigenvalue weighted by Gasteiger charge is -2.28. The Morgan fingerprint density at radius 2 is 2.06 bits per heavy atom. The smallest absolute Gasteiger partial charge is 0.163 e. The number of rotatable bonds is 2. The van der Waals surface area contributed by atoms with Crippen molar-refractivity contribution in [2.45, 2.75) is 26.4 Å². The molecular formula is C14H16O3. The monoisotopic (exact) mass is 232 g/mol. The van der Waals surface area contributed by atoms with E-state index < -0.39 is 0 Å². The van der Waals surface area contributed by atoms with Gasteiger partial charge in [0.15, 0.2) is 5.78 Å². The summed E-state index contributed by atoms with van der Waals surface area (Å²) in [6.45, 7) is 5.47. The fourth-order valence-electron chi connectivity index (χ4n) is 1.85. The lowest BCUT2D eigenvalue weighted by molar-refractivity contribution is 0.101. The van der Waals surface area contributed by atoms with Crippen LogP contribution in [-0.4, -0.2) is 18.5 Å². The van der Waals surface area contributed by atoms with E-state index in [9.17, 15) is 4.79 Å². The van der Waals surface area contributed by atoms with Gasteiger partial charge in [-0.25, -0.2) is 0 Å². The molecule has 0 atom stereocenters. The minimum Gasteiger partial charge on any atom is -0.496 e. The van der Waals surface area contributed by atoms with Crippen LogP contribution in [-0.2, 0) is 0 Å². The van der Waals surface area contributed by atoms with E-state index in [-0.39, 0.29) is 11.4 Å². The molecular weight excluding hydrogens is 216 g/mol. The Hall–Kier alpha value is -1.77. The Bertz CT molecular complexity index is 498. The molecule has 0 fully saturated rings. The van der Waals surface area contributed by atoms with Crippen molar-refractivity contribution in [3.8, 4) is 11.5 Å². The van der Waals surface area contributed by atoms with Crippen LogP contribution in [0.15, 0.2) is 18.2 Å². The number of ether oxygens (including phenoxy) is 2. The van der Waals surface area contributed by atoms with Crippen LogP contribution in [0.1, 0.15) is 36.7 Å². The molecule has 0 aromatic heterocycles. The molecule has 0 spiro atoms. The summed E-state index contributed by atoms with van der Waals surface area (Å²) in [6.07, 6.45) is 3.98. The molecule has 2 rings (SSSR count). The van der Waals surface area contributed by atoms with Crippen molar-refractivity contribution in [1.82, 2.24) is 0 Å². The Labute approximate surface area is 101 Å². The predicted molar refractivity (Wildman–Crippen MR) is 66.7 cm³/mol. The summed E-state index contributed by atoms with van der Waals surface area (Å²) in [7, 11) is 1.56. The second-order valence-electron chi connectivity index (χ2n) is 4.69. The number of fused-ring (bicyclic) bond motifs is 1. The Morgan fingerprint density at radius 1 is 1.35 bits per heavy atom. The molecule has 0 saturated carbocycles. The van der Waals surface area contributed by atoms with E-state index in [0.717, 1.165) is 11.3 Å². The summed E-state index contributed by atoms with van der Waals surface area (Å²) < 4.78 is 11.0. The third kappa shape index (κ3) is 2.18. The molecule has 0 aliphatic carbocycles. The van der Waals surface area contributed by atoms with Gasteiger partial charge in [-0.1, -0.05) is 6.08 Å². The highest BCUT2D eigenvalue weighted by atomic mass is 16.5. The number of methoxy groups -OCH3 is 1. The van der Waals surface area contributed by atoms with Crippen molar-refractivity contribution < 1.29 is 14.3 Å². The number of carbonyl (C=O) groups excluding carboxylic acids is 1. The van der Waals surface area contributed by atoms with Gasteiger partial charge in [0, 0.05) is 5.56 Å². The number of Topliss-reactive ketones (excluding diaryl/α,β-unsaturated/α-hetero) is 1. The molecule has 0 saturated heterocycles. The highest BCUT2D eigenvalue weighted by Gasteiger charge is 2.23. The zero-order chi connectivity index (χ0) is 12.6. The van der Waals surface area contributed by atoms with Crippen molar-refractivity contribution in [3.05, 3.63) is 29.3 Å². The maximum absolute atomic E-state index is 11.5. The molecule has 3 heteroatoms. The quantitative estimate of drug-likeness (QED) is 0.735. The van der Waals surface area contributed by atoms with Crippen molar-refractivity contribution in [1.29, 1.82) is 0 Å². The normalized spacial score (nSPS) is 16.0. The van der Waals surface area contributed by atoms with E-state index in [1.54, 1.807) is 13.2 Å². The summed E-state index contributed by atoms with van der Waals surface area (Å²) >= 11 is 0. The second-order valence-corrected chi connectivity index (χ2v) is 4.69. The summed E-state index contributed by atoms with van der Waals surface area (Å²) in [5, 5.41) is 0. The molecule has 3 nitrogen and oxygen atoms in total. The highest BCUT2D eigenvalue weighted by Crippen LogP contribution is 2.35. The van der Waals surface area contributed by atoms with Crippen molar-refractivity contribution in [2.24, 2.45) is 0 Å². The summed E-state index contributed by atoms with van der Waals surface area (Å²) in [5.74, 6) is 1.29. The first kappa shape index (κ1) is 11.7. The fourth-order valence-corrected chi connectivity index (χ4v) is 1.85. The SMILES string of the molecule is COc1cc2c(cc1C(C)=O)OC(C)(C)C=C2. The van der Waals surface area contributed by atoms with Crippen LogP contribution in [0.5, 0.6) is 11.5 Å². The van der Waals surface area contributed by atoms with Crippen molar-refractivity contribution >= 4 is 11.9 Å². The lowest BCUT2D eigenvalue weighted by Crippen LogP contribution is -2.27. The van der Waals surface area contributed by atoms with E-state index in [0.29, 0.717) is 11.3 Å². The Kier molecular flexibility index (Phi) is 2.69. The number of benzene rings is 1. The molecule has 0 amide bonds. The summed E-state index contributed by atoms with van der Waals surface area (Å²) in [5.41, 5.74) is 1.15. The van der Waals surface area contributed by atoms with Gasteiger partial charge < -0.3 is 9.47 Å². The fraction of sp³-hybridized carbons (Fsp3) is 0.357. The molecule has 1 heterocycles. The van der Waals surface area contributed by atoms with Crippen LogP contribution >= 0.6 is 0 Å². The van der Waals surface area contributed by atoms with Gasteiger partial charge in [0.25, 0.3) is 0 Å². The van der Waals surface area contributed by atoms with Crippen molar-refractivity contribution in [3.63, 3.8) is 0 Å². The van der Waals surface area contributed by atoms with Crippen LogP contribution in [0.4, 0.5) is 0 Å². The predicted octanol–water partition coefficient (Wildman–Crippen LogP) is 3.08.